The maximum absolute atomic E-state index is 5.78. The molecule has 5 heteroatoms. The van der Waals surface area contributed by atoms with Crippen LogP contribution in [0.1, 0.15) is 5.56 Å². The van der Waals surface area contributed by atoms with E-state index in [1.807, 2.05) is 6.07 Å². The predicted molar refractivity (Wildman–Crippen MR) is 54.3 cm³/mol. The van der Waals surface area contributed by atoms with Crippen molar-refractivity contribution in [3.8, 4) is 5.69 Å². The number of aromatic nitrogens is 3. The van der Waals surface area contributed by atoms with Gasteiger partial charge in [-0.3, -0.25) is 4.98 Å². The summed E-state index contributed by atoms with van der Waals surface area (Å²) in [6, 6.07) is 1.85. The minimum absolute atomic E-state index is 0.431. The van der Waals surface area contributed by atoms with E-state index in [0.29, 0.717) is 11.6 Å². The number of halogens is 1. The van der Waals surface area contributed by atoms with Crippen LogP contribution in [0.3, 0.4) is 0 Å². The summed E-state index contributed by atoms with van der Waals surface area (Å²) < 4.78 is 1.69. The second kappa shape index (κ2) is 3.77. The van der Waals surface area contributed by atoms with Gasteiger partial charge in [-0.2, -0.15) is 5.10 Å². The smallest absolute Gasteiger partial charge is 0.0790 e. The lowest BCUT2D eigenvalue weighted by molar-refractivity contribution is 0.853. The highest BCUT2D eigenvalue weighted by Crippen LogP contribution is 2.14. The van der Waals surface area contributed by atoms with Gasteiger partial charge in [-0.25, -0.2) is 4.68 Å². The zero-order valence-electron chi connectivity index (χ0n) is 7.39. The van der Waals surface area contributed by atoms with Gasteiger partial charge >= 0.3 is 0 Å². The van der Waals surface area contributed by atoms with Crippen molar-refractivity contribution in [1.29, 1.82) is 0 Å². The third-order valence-corrected chi connectivity index (χ3v) is 2.09. The molecule has 0 saturated carbocycles. The molecular formula is C9H9ClN4. The summed E-state index contributed by atoms with van der Waals surface area (Å²) in [6.07, 6.45) is 6.74. The van der Waals surface area contributed by atoms with Gasteiger partial charge in [0.2, 0.25) is 0 Å². The zero-order chi connectivity index (χ0) is 9.97. The van der Waals surface area contributed by atoms with Crippen molar-refractivity contribution in [3.05, 3.63) is 41.4 Å². The van der Waals surface area contributed by atoms with Crippen LogP contribution >= 0.6 is 11.6 Å². The molecular weight excluding hydrogens is 200 g/mol. The van der Waals surface area contributed by atoms with E-state index < -0.39 is 0 Å². The van der Waals surface area contributed by atoms with Gasteiger partial charge in [-0.05, 0) is 6.07 Å². The minimum atomic E-state index is 0.431. The fraction of sp³-hybridized carbons (Fsp3) is 0.111. The number of rotatable bonds is 2. The molecule has 0 aliphatic heterocycles. The lowest BCUT2D eigenvalue weighted by Crippen LogP contribution is -2.05. The summed E-state index contributed by atoms with van der Waals surface area (Å²) in [6.45, 7) is 0.431. The van der Waals surface area contributed by atoms with E-state index in [4.69, 9.17) is 17.3 Å². The molecule has 0 aromatic carbocycles. The summed E-state index contributed by atoms with van der Waals surface area (Å²) in [5.74, 6) is 0. The number of hydrogen-bond acceptors (Lipinski definition) is 3. The van der Waals surface area contributed by atoms with Gasteiger partial charge in [-0.1, -0.05) is 11.6 Å². The lowest BCUT2D eigenvalue weighted by atomic mass is 10.2. The van der Waals surface area contributed by atoms with Gasteiger partial charge in [0.25, 0.3) is 0 Å². The van der Waals surface area contributed by atoms with Crippen LogP contribution in [0.25, 0.3) is 5.69 Å². The zero-order valence-corrected chi connectivity index (χ0v) is 8.15. The Morgan fingerprint density at radius 3 is 2.93 bits per heavy atom. The third-order valence-electron chi connectivity index (χ3n) is 1.90. The average molecular weight is 209 g/mol. The first-order chi connectivity index (χ1) is 6.81. The highest BCUT2D eigenvalue weighted by Gasteiger charge is 2.03. The van der Waals surface area contributed by atoms with E-state index in [0.717, 1.165) is 11.3 Å². The van der Waals surface area contributed by atoms with E-state index in [-0.39, 0.29) is 0 Å². The maximum atomic E-state index is 5.78. The van der Waals surface area contributed by atoms with Crippen LogP contribution in [0.15, 0.2) is 30.9 Å². The first kappa shape index (κ1) is 9.18. The summed E-state index contributed by atoms with van der Waals surface area (Å²) in [4.78, 5) is 3.99. The Bertz CT molecular complexity index is 438. The first-order valence-corrected chi connectivity index (χ1v) is 4.52. The SMILES string of the molecule is NCc1cnccc1-n1cc(Cl)cn1. The molecule has 0 aliphatic rings. The minimum Gasteiger partial charge on any atom is -0.326 e. The Balaban J connectivity index is 2.50. The van der Waals surface area contributed by atoms with Crippen LogP contribution in [-0.4, -0.2) is 14.8 Å². The van der Waals surface area contributed by atoms with Crippen LogP contribution < -0.4 is 5.73 Å². The summed E-state index contributed by atoms with van der Waals surface area (Å²) in [7, 11) is 0. The van der Waals surface area contributed by atoms with Crippen molar-refractivity contribution >= 4 is 11.6 Å². The number of nitrogens with two attached hydrogens (primary N) is 1. The Kier molecular flexibility index (Phi) is 2.47. The molecule has 2 aromatic heterocycles. The van der Waals surface area contributed by atoms with E-state index in [9.17, 15) is 0 Å². The van der Waals surface area contributed by atoms with Crippen LogP contribution in [-0.2, 0) is 6.54 Å². The largest absolute Gasteiger partial charge is 0.326 e. The molecule has 2 heterocycles. The molecule has 4 nitrogen and oxygen atoms in total. The van der Waals surface area contributed by atoms with E-state index in [1.165, 1.54) is 0 Å². The second-order valence-corrected chi connectivity index (χ2v) is 3.25. The van der Waals surface area contributed by atoms with Crippen molar-refractivity contribution in [2.45, 2.75) is 6.54 Å². The molecule has 0 aliphatic carbocycles. The van der Waals surface area contributed by atoms with Gasteiger partial charge in [0.1, 0.15) is 0 Å². The van der Waals surface area contributed by atoms with E-state index in [2.05, 4.69) is 10.1 Å². The van der Waals surface area contributed by atoms with Crippen molar-refractivity contribution in [1.82, 2.24) is 14.8 Å². The fourth-order valence-electron chi connectivity index (χ4n) is 1.23. The normalized spacial score (nSPS) is 10.4. The molecule has 2 rings (SSSR count). The molecule has 0 saturated heterocycles. The fourth-order valence-corrected chi connectivity index (χ4v) is 1.37. The van der Waals surface area contributed by atoms with Gasteiger partial charge < -0.3 is 5.73 Å². The van der Waals surface area contributed by atoms with Gasteiger partial charge in [0, 0.05) is 30.7 Å². The van der Waals surface area contributed by atoms with E-state index in [1.54, 1.807) is 29.5 Å². The first-order valence-electron chi connectivity index (χ1n) is 4.15. The van der Waals surface area contributed by atoms with Gasteiger partial charge in [0.05, 0.1) is 16.9 Å². The summed E-state index contributed by atoms with van der Waals surface area (Å²) >= 11 is 5.78. The standard InChI is InChI=1S/C9H9ClN4/c10-8-5-13-14(6-8)9-1-2-12-4-7(9)3-11/h1-2,4-6H,3,11H2. The third kappa shape index (κ3) is 1.62. The lowest BCUT2D eigenvalue weighted by Gasteiger charge is -2.05. The number of hydrogen-bond donors (Lipinski definition) is 1. The van der Waals surface area contributed by atoms with Crippen molar-refractivity contribution in [2.24, 2.45) is 5.73 Å². The molecule has 2 aromatic rings. The summed E-state index contributed by atoms with van der Waals surface area (Å²) in [5.41, 5.74) is 7.43. The monoisotopic (exact) mass is 208 g/mol. The highest BCUT2D eigenvalue weighted by molar-refractivity contribution is 6.30. The Labute approximate surface area is 86.3 Å². The Morgan fingerprint density at radius 1 is 1.43 bits per heavy atom. The summed E-state index contributed by atoms with van der Waals surface area (Å²) in [5, 5.41) is 4.70. The topological polar surface area (TPSA) is 56.7 Å². The maximum Gasteiger partial charge on any atom is 0.0790 e. The van der Waals surface area contributed by atoms with Gasteiger partial charge in [-0.15, -0.1) is 0 Å². The molecule has 72 valence electrons. The number of nitrogens with zero attached hydrogens (tertiary/aromatic N) is 3. The van der Waals surface area contributed by atoms with Crippen LogP contribution in [0, 0.1) is 0 Å². The number of pyridine rings is 1. The average Bonchev–Trinajstić information content (AvgIpc) is 2.65. The Hall–Kier alpha value is -1.39. The highest BCUT2D eigenvalue weighted by atomic mass is 35.5. The molecule has 0 radical (unpaired) electrons. The van der Waals surface area contributed by atoms with Crippen LogP contribution in [0.5, 0.6) is 0 Å². The molecule has 14 heavy (non-hydrogen) atoms. The van der Waals surface area contributed by atoms with E-state index >= 15 is 0 Å². The molecule has 0 unspecified atom stereocenters. The van der Waals surface area contributed by atoms with Crippen LogP contribution in [0.4, 0.5) is 0 Å². The molecule has 0 spiro atoms. The second-order valence-electron chi connectivity index (χ2n) is 2.81. The van der Waals surface area contributed by atoms with Gasteiger partial charge in [0.15, 0.2) is 0 Å². The van der Waals surface area contributed by atoms with Crippen LogP contribution in [0.2, 0.25) is 5.02 Å². The van der Waals surface area contributed by atoms with Crippen molar-refractivity contribution in [2.75, 3.05) is 0 Å². The molecule has 0 bridgehead atoms. The predicted octanol–water partition coefficient (Wildman–Crippen LogP) is 1.38. The molecule has 2 N–H and O–H groups in total. The Morgan fingerprint density at radius 2 is 2.29 bits per heavy atom. The molecule has 0 atom stereocenters. The van der Waals surface area contributed by atoms with Crippen molar-refractivity contribution in [3.63, 3.8) is 0 Å². The molecule has 0 fully saturated rings. The quantitative estimate of drug-likeness (QED) is 0.811. The van der Waals surface area contributed by atoms with Crippen molar-refractivity contribution < 1.29 is 0 Å². The molecule has 0 amide bonds.